The van der Waals surface area contributed by atoms with Crippen molar-refractivity contribution in [3.8, 4) is 0 Å². The van der Waals surface area contributed by atoms with Crippen molar-refractivity contribution in [2.75, 3.05) is 5.75 Å². The van der Waals surface area contributed by atoms with E-state index in [0.717, 1.165) is 25.0 Å². The molecule has 88 valence electrons. The summed E-state index contributed by atoms with van der Waals surface area (Å²) in [7, 11) is 0. The van der Waals surface area contributed by atoms with Gasteiger partial charge in [0.2, 0.25) is 0 Å². The van der Waals surface area contributed by atoms with Crippen molar-refractivity contribution in [2.24, 2.45) is 11.8 Å². The third-order valence-electron chi connectivity index (χ3n) is 3.04. The minimum absolute atomic E-state index is 0.484. The van der Waals surface area contributed by atoms with Crippen molar-refractivity contribution in [1.82, 2.24) is 0 Å². The molecular formula is C12H22O2S. The Morgan fingerprint density at radius 3 is 2.73 bits per heavy atom. The van der Waals surface area contributed by atoms with E-state index in [0.29, 0.717) is 11.8 Å². The molecule has 1 rings (SSSR count). The fourth-order valence-electron chi connectivity index (χ4n) is 2.22. The van der Waals surface area contributed by atoms with Crippen LogP contribution in [0.25, 0.3) is 0 Å². The second-order valence-corrected chi connectivity index (χ2v) is 6.61. The van der Waals surface area contributed by atoms with Crippen LogP contribution < -0.4 is 0 Å². The summed E-state index contributed by atoms with van der Waals surface area (Å²) in [6.45, 7) is 6.47. The Hall–Kier alpha value is -0.180. The van der Waals surface area contributed by atoms with E-state index in [-0.39, 0.29) is 0 Å². The van der Waals surface area contributed by atoms with E-state index in [2.05, 4.69) is 20.8 Å². The van der Waals surface area contributed by atoms with E-state index in [1.54, 1.807) is 11.8 Å². The molecule has 0 aromatic carbocycles. The first kappa shape index (κ1) is 12.9. The highest BCUT2D eigenvalue weighted by Gasteiger charge is 2.42. The molecule has 1 aliphatic carbocycles. The average molecular weight is 230 g/mol. The van der Waals surface area contributed by atoms with Crippen LogP contribution in [0.2, 0.25) is 0 Å². The molecule has 0 spiro atoms. The molecule has 0 amide bonds. The molecule has 2 nitrogen and oxygen atoms in total. The van der Waals surface area contributed by atoms with E-state index in [9.17, 15) is 9.90 Å². The minimum Gasteiger partial charge on any atom is -0.480 e. The van der Waals surface area contributed by atoms with Gasteiger partial charge >= 0.3 is 5.97 Å². The van der Waals surface area contributed by atoms with Gasteiger partial charge in [-0.15, -0.1) is 11.8 Å². The summed E-state index contributed by atoms with van der Waals surface area (Å²) in [6.07, 6.45) is 3.96. The zero-order chi connectivity index (χ0) is 11.5. The monoisotopic (exact) mass is 230 g/mol. The van der Waals surface area contributed by atoms with E-state index in [1.807, 2.05) is 0 Å². The second-order valence-electron chi connectivity index (χ2n) is 5.21. The summed E-state index contributed by atoms with van der Waals surface area (Å²) in [5, 5.41) is 9.40. The molecule has 1 fully saturated rings. The van der Waals surface area contributed by atoms with Crippen molar-refractivity contribution in [2.45, 2.75) is 51.2 Å². The molecule has 0 saturated heterocycles. The van der Waals surface area contributed by atoms with Gasteiger partial charge in [-0.3, -0.25) is 4.79 Å². The zero-order valence-corrected chi connectivity index (χ0v) is 10.8. The number of hydrogen-bond acceptors (Lipinski definition) is 2. The maximum Gasteiger partial charge on any atom is 0.319 e. The first-order valence-electron chi connectivity index (χ1n) is 5.83. The van der Waals surface area contributed by atoms with Gasteiger partial charge < -0.3 is 5.11 Å². The number of hydrogen-bond donors (Lipinski definition) is 1. The Morgan fingerprint density at radius 2 is 2.27 bits per heavy atom. The number of carboxylic acids is 1. The number of aliphatic carboxylic acids is 1. The molecule has 1 N–H and O–H groups in total. The van der Waals surface area contributed by atoms with Crippen LogP contribution >= 0.6 is 11.8 Å². The largest absolute Gasteiger partial charge is 0.480 e. The predicted octanol–water partition coefficient (Wildman–Crippen LogP) is 3.41. The highest BCUT2D eigenvalue weighted by Crippen LogP contribution is 2.43. The lowest BCUT2D eigenvalue weighted by Gasteiger charge is -2.36. The van der Waals surface area contributed by atoms with Gasteiger partial charge in [0, 0.05) is 0 Å². The van der Waals surface area contributed by atoms with Crippen LogP contribution in [0.1, 0.15) is 46.5 Å². The van der Waals surface area contributed by atoms with Crippen molar-refractivity contribution < 1.29 is 9.90 Å². The number of thioether (sulfide) groups is 1. The highest BCUT2D eigenvalue weighted by molar-refractivity contribution is 8.01. The number of carboxylic acid groups (broad SMARTS) is 1. The van der Waals surface area contributed by atoms with E-state index < -0.39 is 10.7 Å². The summed E-state index contributed by atoms with van der Waals surface area (Å²) < 4.78 is -0.484. The third-order valence-corrected chi connectivity index (χ3v) is 4.97. The molecule has 1 saturated carbocycles. The minimum atomic E-state index is -0.597. The van der Waals surface area contributed by atoms with E-state index in [4.69, 9.17) is 0 Å². The second kappa shape index (κ2) is 5.24. The molecule has 15 heavy (non-hydrogen) atoms. The Kier molecular flexibility index (Phi) is 4.50. The molecule has 0 bridgehead atoms. The first-order chi connectivity index (χ1) is 6.96. The number of carbonyl (C=O) groups is 1. The maximum absolute atomic E-state index is 11.4. The van der Waals surface area contributed by atoms with Crippen LogP contribution in [-0.4, -0.2) is 21.6 Å². The van der Waals surface area contributed by atoms with Gasteiger partial charge in [0.05, 0.1) is 0 Å². The van der Waals surface area contributed by atoms with Crippen LogP contribution in [0.3, 0.4) is 0 Å². The smallest absolute Gasteiger partial charge is 0.319 e. The first-order valence-corrected chi connectivity index (χ1v) is 6.82. The lowest BCUT2D eigenvalue weighted by Crippen LogP contribution is -2.40. The molecule has 2 atom stereocenters. The maximum atomic E-state index is 11.4. The van der Waals surface area contributed by atoms with E-state index >= 15 is 0 Å². The van der Waals surface area contributed by atoms with Crippen molar-refractivity contribution in [3.05, 3.63) is 0 Å². The molecule has 0 aromatic heterocycles. The van der Waals surface area contributed by atoms with Crippen LogP contribution in [0.5, 0.6) is 0 Å². The Balaban J connectivity index is 2.65. The topological polar surface area (TPSA) is 37.3 Å². The molecule has 0 radical (unpaired) electrons. The molecular weight excluding hydrogens is 208 g/mol. The Labute approximate surface area is 96.8 Å². The van der Waals surface area contributed by atoms with Crippen molar-refractivity contribution >= 4 is 17.7 Å². The van der Waals surface area contributed by atoms with Gasteiger partial charge in [-0.2, -0.15) is 0 Å². The van der Waals surface area contributed by atoms with Crippen LogP contribution in [0.4, 0.5) is 0 Å². The summed E-state index contributed by atoms with van der Waals surface area (Å²) in [4.78, 5) is 11.4. The summed E-state index contributed by atoms with van der Waals surface area (Å²) in [5.41, 5.74) is 0. The summed E-state index contributed by atoms with van der Waals surface area (Å²) in [6, 6.07) is 0. The van der Waals surface area contributed by atoms with Gasteiger partial charge in [0.25, 0.3) is 0 Å². The molecule has 0 aromatic rings. The lowest BCUT2D eigenvalue weighted by atomic mass is 9.82. The van der Waals surface area contributed by atoms with Gasteiger partial charge in [-0.05, 0) is 30.4 Å². The number of rotatable bonds is 4. The molecule has 1 aliphatic rings. The van der Waals surface area contributed by atoms with E-state index in [1.165, 1.54) is 6.42 Å². The van der Waals surface area contributed by atoms with Crippen LogP contribution in [0.15, 0.2) is 0 Å². The Bertz CT molecular complexity index is 228. The molecule has 0 aliphatic heterocycles. The van der Waals surface area contributed by atoms with Crippen molar-refractivity contribution in [3.63, 3.8) is 0 Å². The summed E-state index contributed by atoms with van der Waals surface area (Å²) >= 11 is 1.67. The van der Waals surface area contributed by atoms with Gasteiger partial charge in [-0.25, -0.2) is 0 Å². The predicted molar refractivity (Wildman–Crippen MR) is 65.3 cm³/mol. The van der Waals surface area contributed by atoms with Crippen LogP contribution in [-0.2, 0) is 4.79 Å². The average Bonchev–Trinajstić information content (AvgIpc) is 2.14. The summed E-state index contributed by atoms with van der Waals surface area (Å²) in [5.74, 6) is 1.50. The van der Waals surface area contributed by atoms with Gasteiger partial charge in [0.15, 0.2) is 0 Å². The van der Waals surface area contributed by atoms with Gasteiger partial charge in [-0.1, -0.05) is 33.6 Å². The van der Waals surface area contributed by atoms with Gasteiger partial charge in [0.1, 0.15) is 4.75 Å². The highest BCUT2D eigenvalue weighted by atomic mass is 32.2. The zero-order valence-electron chi connectivity index (χ0n) is 9.95. The van der Waals surface area contributed by atoms with Crippen molar-refractivity contribution in [1.29, 1.82) is 0 Å². The third kappa shape index (κ3) is 3.40. The normalized spacial score (nSPS) is 31.9. The quantitative estimate of drug-likeness (QED) is 0.804. The fraction of sp³-hybridized carbons (Fsp3) is 0.917. The molecule has 0 heterocycles. The standard InChI is InChI=1S/C12H22O2S/c1-9(2)8-15-12(11(13)14)6-4-5-10(3)7-12/h9-10H,4-8H2,1-3H3,(H,13,14). The van der Waals surface area contributed by atoms with Crippen LogP contribution in [0, 0.1) is 11.8 Å². The lowest BCUT2D eigenvalue weighted by molar-refractivity contribution is -0.141. The Morgan fingerprint density at radius 1 is 1.60 bits per heavy atom. The molecule has 2 unspecified atom stereocenters. The fourth-order valence-corrected chi connectivity index (χ4v) is 3.68. The SMILES string of the molecule is CC(C)CSC1(C(=O)O)CCCC(C)C1. The molecule has 3 heteroatoms.